The molecular formula is C19H25BrN4O. The van der Waals surface area contributed by atoms with Gasteiger partial charge in [0.25, 0.3) is 0 Å². The Labute approximate surface area is 157 Å². The van der Waals surface area contributed by atoms with Gasteiger partial charge in [0.2, 0.25) is 0 Å². The molecule has 25 heavy (non-hydrogen) atoms. The van der Waals surface area contributed by atoms with E-state index in [1.54, 1.807) is 7.11 Å². The predicted octanol–water partition coefficient (Wildman–Crippen LogP) is 3.77. The van der Waals surface area contributed by atoms with E-state index < -0.39 is 0 Å². The van der Waals surface area contributed by atoms with Crippen LogP contribution < -0.4 is 5.32 Å². The average Bonchev–Trinajstić information content (AvgIpc) is 2.58. The van der Waals surface area contributed by atoms with Crippen LogP contribution in [0.1, 0.15) is 29.9 Å². The molecule has 2 aromatic rings. The lowest BCUT2D eigenvalue weighted by molar-refractivity contribution is 0.177. The number of methoxy groups -OCH3 is 1. The average molecular weight is 405 g/mol. The Bertz CT molecular complexity index is 684. The Hall–Kier alpha value is -1.50. The van der Waals surface area contributed by atoms with Crippen molar-refractivity contribution in [2.75, 3.05) is 25.5 Å². The Morgan fingerprint density at radius 1 is 1.20 bits per heavy atom. The van der Waals surface area contributed by atoms with Crippen LogP contribution in [0.25, 0.3) is 0 Å². The van der Waals surface area contributed by atoms with Gasteiger partial charge in [0.05, 0.1) is 0 Å². The molecule has 6 heteroatoms. The first-order valence-corrected chi connectivity index (χ1v) is 9.48. The van der Waals surface area contributed by atoms with Crippen molar-refractivity contribution in [3.63, 3.8) is 0 Å². The smallest absolute Gasteiger partial charge is 0.156 e. The number of nitrogens with zero attached hydrogens (tertiary/aromatic N) is 3. The quantitative estimate of drug-likeness (QED) is 0.793. The molecule has 1 aliphatic heterocycles. The Morgan fingerprint density at radius 3 is 2.60 bits per heavy atom. The summed E-state index contributed by atoms with van der Waals surface area (Å²) in [5.41, 5.74) is 2.34. The normalized spacial score (nSPS) is 16.1. The van der Waals surface area contributed by atoms with Crippen molar-refractivity contribution >= 4 is 21.7 Å². The second-order valence-electron chi connectivity index (χ2n) is 6.57. The minimum Gasteiger partial charge on any atom is -0.377 e. The Balaban J connectivity index is 1.51. The van der Waals surface area contributed by atoms with Crippen LogP contribution in [-0.4, -0.2) is 41.1 Å². The molecule has 0 atom stereocenters. The molecule has 0 spiro atoms. The highest BCUT2D eigenvalue weighted by atomic mass is 79.9. The zero-order valence-corrected chi connectivity index (χ0v) is 16.4. The lowest BCUT2D eigenvalue weighted by Crippen LogP contribution is -2.38. The van der Waals surface area contributed by atoms with Gasteiger partial charge in [-0.05, 0) is 37.5 Å². The van der Waals surface area contributed by atoms with E-state index in [-0.39, 0.29) is 0 Å². The van der Waals surface area contributed by atoms with E-state index in [0.29, 0.717) is 12.6 Å². The molecule has 0 amide bonds. The molecule has 134 valence electrons. The molecule has 0 bridgehead atoms. The van der Waals surface area contributed by atoms with Crippen LogP contribution in [0.4, 0.5) is 5.82 Å². The SMILES string of the molecule is COCc1nc(C)cc(NC2CCN(Cc3ccc(Br)cc3)CC2)n1. The van der Waals surface area contributed by atoms with E-state index in [2.05, 4.69) is 60.4 Å². The molecule has 2 heterocycles. The van der Waals surface area contributed by atoms with Crippen LogP contribution in [-0.2, 0) is 17.9 Å². The van der Waals surface area contributed by atoms with Crippen molar-refractivity contribution in [3.8, 4) is 0 Å². The number of nitrogens with one attached hydrogen (secondary N) is 1. The van der Waals surface area contributed by atoms with Gasteiger partial charge >= 0.3 is 0 Å². The summed E-state index contributed by atoms with van der Waals surface area (Å²) in [5, 5.41) is 3.57. The molecule has 3 rings (SSSR count). The molecule has 1 fully saturated rings. The maximum absolute atomic E-state index is 5.14. The molecule has 1 N–H and O–H groups in total. The largest absolute Gasteiger partial charge is 0.377 e. The fourth-order valence-corrected chi connectivity index (χ4v) is 3.45. The first-order chi connectivity index (χ1) is 12.1. The summed E-state index contributed by atoms with van der Waals surface area (Å²) in [6.07, 6.45) is 2.25. The summed E-state index contributed by atoms with van der Waals surface area (Å²) in [6, 6.07) is 11.1. The summed E-state index contributed by atoms with van der Waals surface area (Å²) >= 11 is 3.49. The lowest BCUT2D eigenvalue weighted by atomic mass is 10.0. The number of aromatic nitrogens is 2. The highest BCUT2D eigenvalue weighted by molar-refractivity contribution is 9.10. The molecular weight excluding hydrogens is 380 g/mol. The Kier molecular flexibility index (Phi) is 6.39. The van der Waals surface area contributed by atoms with Gasteiger partial charge < -0.3 is 10.1 Å². The van der Waals surface area contributed by atoms with Gasteiger partial charge in [-0.1, -0.05) is 28.1 Å². The minimum absolute atomic E-state index is 0.446. The van der Waals surface area contributed by atoms with Gasteiger partial charge in [0, 0.05) is 49.0 Å². The maximum Gasteiger partial charge on any atom is 0.156 e. The summed E-state index contributed by atoms with van der Waals surface area (Å²) in [4.78, 5) is 11.5. The number of hydrogen-bond donors (Lipinski definition) is 1. The molecule has 1 aromatic heterocycles. The van der Waals surface area contributed by atoms with E-state index in [0.717, 1.165) is 54.3 Å². The zero-order valence-electron chi connectivity index (χ0n) is 14.8. The number of likely N-dealkylation sites (tertiary alicyclic amines) is 1. The third-order valence-corrected chi connectivity index (χ3v) is 4.96. The van der Waals surface area contributed by atoms with Gasteiger partial charge in [-0.25, -0.2) is 9.97 Å². The second-order valence-corrected chi connectivity index (χ2v) is 7.48. The number of halogens is 1. The highest BCUT2D eigenvalue weighted by Gasteiger charge is 2.19. The predicted molar refractivity (Wildman–Crippen MR) is 104 cm³/mol. The van der Waals surface area contributed by atoms with Crippen molar-refractivity contribution in [1.29, 1.82) is 0 Å². The van der Waals surface area contributed by atoms with Gasteiger partial charge in [-0.15, -0.1) is 0 Å². The van der Waals surface area contributed by atoms with Crippen LogP contribution in [0.15, 0.2) is 34.8 Å². The van der Waals surface area contributed by atoms with Crippen LogP contribution in [0.3, 0.4) is 0 Å². The molecule has 5 nitrogen and oxygen atoms in total. The van der Waals surface area contributed by atoms with E-state index >= 15 is 0 Å². The molecule has 0 unspecified atom stereocenters. The van der Waals surface area contributed by atoms with E-state index in [1.807, 2.05) is 13.0 Å². The van der Waals surface area contributed by atoms with Crippen LogP contribution in [0.2, 0.25) is 0 Å². The van der Waals surface area contributed by atoms with Crippen LogP contribution in [0, 0.1) is 6.92 Å². The van der Waals surface area contributed by atoms with Gasteiger partial charge in [-0.2, -0.15) is 0 Å². The minimum atomic E-state index is 0.446. The molecule has 0 saturated carbocycles. The molecule has 1 aromatic carbocycles. The monoisotopic (exact) mass is 404 g/mol. The summed E-state index contributed by atoms with van der Waals surface area (Å²) in [5.74, 6) is 1.64. The lowest BCUT2D eigenvalue weighted by Gasteiger charge is -2.32. The fraction of sp³-hybridized carbons (Fsp3) is 0.474. The standard InChI is InChI=1S/C19H25BrN4O/c1-14-11-18(23-19(21-14)13-25-2)22-17-7-9-24(10-8-17)12-15-3-5-16(20)6-4-15/h3-6,11,17H,7-10,12-13H2,1-2H3,(H,21,22,23). The number of hydrogen-bond acceptors (Lipinski definition) is 5. The Morgan fingerprint density at radius 2 is 1.92 bits per heavy atom. The van der Waals surface area contributed by atoms with Crippen molar-refractivity contribution in [2.45, 2.75) is 39.0 Å². The van der Waals surface area contributed by atoms with E-state index in [4.69, 9.17) is 4.74 Å². The second kappa shape index (κ2) is 8.74. The molecule has 1 saturated heterocycles. The first-order valence-electron chi connectivity index (χ1n) is 8.69. The van der Waals surface area contributed by atoms with Gasteiger partial charge in [-0.3, -0.25) is 4.90 Å². The summed E-state index contributed by atoms with van der Waals surface area (Å²) in [7, 11) is 1.67. The third-order valence-electron chi connectivity index (χ3n) is 4.43. The molecule has 0 aliphatic carbocycles. The number of anilines is 1. The topological polar surface area (TPSA) is 50.3 Å². The summed E-state index contributed by atoms with van der Waals surface area (Å²) < 4.78 is 6.28. The van der Waals surface area contributed by atoms with Crippen molar-refractivity contribution in [3.05, 3.63) is 51.9 Å². The number of rotatable bonds is 6. The van der Waals surface area contributed by atoms with Crippen LogP contribution >= 0.6 is 15.9 Å². The maximum atomic E-state index is 5.14. The fourth-order valence-electron chi connectivity index (χ4n) is 3.19. The van der Waals surface area contributed by atoms with Crippen LogP contribution in [0.5, 0.6) is 0 Å². The number of ether oxygens (including phenoxy) is 1. The molecule has 0 radical (unpaired) electrons. The summed E-state index contributed by atoms with van der Waals surface area (Å²) in [6.45, 7) is 5.66. The van der Waals surface area contributed by atoms with E-state index in [1.165, 1.54) is 5.56 Å². The van der Waals surface area contributed by atoms with Crippen molar-refractivity contribution in [2.24, 2.45) is 0 Å². The third kappa shape index (κ3) is 5.49. The molecule has 1 aliphatic rings. The van der Waals surface area contributed by atoms with Gasteiger partial charge in [0.1, 0.15) is 12.4 Å². The van der Waals surface area contributed by atoms with Crippen molar-refractivity contribution in [1.82, 2.24) is 14.9 Å². The number of aryl methyl sites for hydroxylation is 1. The number of benzene rings is 1. The number of piperidine rings is 1. The van der Waals surface area contributed by atoms with Gasteiger partial charge in [0.15, 0.2) is 5.82 Å². The highest BCUT2D eigenvalue weighted by Crippen LogP contribution is 2.19. The first kappa shape index (κ1) is 18.3. The zero-order chi connectivity index (χ0) is 17.6. The van der Waals surface area contributed by atoms with Crippen molar-refractivity contribution < 1.29 is 4.74 Å². The van der Waals surface area contributed by atoms with E-state index in [9.17, 15) is 0 Å².